The van der Waals surface area contributed by atoms with Gasteiger partial charge in [0, 0.05) is 5.56 Å². The average Bonchev–Trinajstić information content (AvgIpc) is 2.51. The topological polar surface area (TPSA) is 63.6 Å². The molecule has 0 heterocycles. The van der Waals surface area contributed by atoms with E-state index in [-0.39, 0.29) is 23.6 Å². The molecule has 0 amide bonds. The Hall–Kier alpha value is -1.75. The number of ketones is 1. The Balaban J connectivity index is 1.39. The van der Waals surface area contributed by atoms with Crippen LogP contribution in [-0.2, 0) is 9.53 Å². The molecule has 1 aromatic carbocycles. The van der Waals surface area contributed by atoms with Gasteiger partial charge in [-0.1, -0.05) is 0 Å². The molecule has 4 aliphatic rings. The summed E-state index contributed by atoms with van der Waals surface area (Å²) in [6, 6.07) is 5.24. The largest absolute Gasteiger partial charge is 0.454 e. The fraction of sp³-hybridized carbons (Fsp3) is 0.619. The summed E-state index contributed by atoms with van der Waals surface area (Å²) in [6.07, 6.45) is 4.87. The summed E-state index contributed by atoms with van der Waals surface area (Å²) in [5.74, 6) is -0.105. The molecular weight excluding hydrogens is 335 g/mol. The zero-order valence-corrected chi connectivity index (χ0v) is 15.0. The van der Waals surface area contributed by atoms with Gasteiger partial charge in [-0.25, -0.2) is 4.39 Å². The Morgan fingerprint density at radius 2 is 1.81 bits per heavy atom. The summed E-state index contributed by atoms with van der Waals surface area (Å²) in [5, 5.41) is 10.8. The minimum atomic E-state index is -0.898. The van der Waals surface area contributed by atoms with Crippen molar-refractivity contribution in [3.63, 3.8) is 0 Å². The van der Waals surface area contributed by atoms with Gasteiger partial charge in [0.2, 0.25) is 5.78 Å². The van der Waals surface area contributed by atoms with Crippen LogP contribution in [0.1, 0.15) is 62.2 Å². The molecular formula is C21H25FO4. The molecule has 0 aromatic heterocycles. The highest BCUT2D eigenvalue weighted by Crippen LogP contribution is 2.62. The van der Waals surface area contributed by atoms with Crippen LogP contribution in [-0.4, -0.2) is 28.6 Å². The van der Waals surface area contributed by atoms with Gasteiger partial charge in [0.15, 0.2) is 6.10 Å². The number of ether oxygens (including phenoxy) is 1. The van der Waals surface area contributed by atoms with Gasteiger partial charge in [-0.3, -0.25) is 9.59 Å². The predicted octanol–water partition coefficient (Wildman–Crippen LogP) is 3.66. The molecule has 4 nitrogen and oxygen atoms in total. The number of rotatable bonds is 5. The summed E-state index contributed by atoms with van der Waals surface area (Å²) < 4.78 is 18.4. The third-order valence-electron chi connectivity index (χ3n) is 6.48. The van der Waals surface area contributed by atoms with E-state index in [1.54, 1.807) is 6.92 Å². The summed E-state index contributed by atoms with van der Waals surface area (Å²) in [7, 11) is 0. The predicted molar refractivity (Wildman–Crippen MR) is 93.0 cm³/mol. The van der Waals surface area contributed by atoms with E-state index < -0.39 is 17.5 Å². The van der Waals surface area contributed by atoms with E-state index in [4.69, 9.17) is 4.74 Å². The molecule has 140 valence electrons. The number of aliphatic hydroxyl groups is 1. The number of carbonyl (C=O) groups is 2. The lowest BCUT2D eigenvalue weighted by Gasteiger charge is -2.60. The van der Waals surface area contributed by atoms with Crippen LogP contribution in [0.3, 0.4) is 0 Å². The number of Topliss-reactive ketones (excluding diaryl/α,β-unsaturated/α-hetero) is 1. The lowest BCUT2D eigenvalue weighted by atomic mass is 9.47. The fourth-order valence-electron chi connectivity index (χ4n) is 6.06. The second-order valence-electron chi connectivity index (χ2n) is 8.87. The highest BCUT2D eigenvalue weighted by atomic mass is 19.1. The Bertz CT molecular complexity index is 712. The van der Waals surface area contributed by atoms with Crippen molar-refractivity contribution in [3.05, 3.63) is 35.6 Å². The van der Waals surface area contributed by atoms with Gasteiger partial charge < -0.3 is 9.84 Å². The summed E-state index contributed by atoms with van der Waals surface area (Å²) in [4.78, 5) is 24.9. The second-order valence-corrected chi connectivity index (χ2v) is 8.87. The first-order valence-corrected chi connectivity index (χ1v) is 9.48. The third-order valence-corrected chi connectivity index (χ3v) is 6.48. The first-order chi connectivity index (χ1) is 12.3. The number of carbonyl (C=O) groups excluding carboxylic acids is 2. The molecule has 0 saturated heterocycles. The van der Waals surface area contributed by atoms with E-state index in [1.165, 1.54) is 30.7 Å². The van der Waals surface area contributed by atoms with Gasteiger partial charge in [0.1, 0.15) is 5.82 Å². The van der Waals surface area contributed by atoms with E-state index >= 15 is 0 Å². The maximum absolute atomic E-state index is 13.0. The lowest BCUT2D eigenvalue weighted by molar-refractivity contribution is -0.178. The van der Waals surface area contributed by atoms with E-state index in [2.05, 4.69) is 0 Å². The van der Waals surface area contributed by atoms with Crippen LogP contribution in [0, 0.1) is 23.1 Å². The summed E-state index contributed by atoms with van der Waals surface area (Å²) in [5.41, 5.74) is -0.454. The highest BCUT2D eigenvalue weighted by Gasteiger charge is 2.57. The molecule has 5 atom stereocenters. The molecule has 4 fully saturated rings. The molecule has 5 rings (SSSR count). The molecule has 26 heavy (non-hydrogen) atoms. The molecule has 0 radical (unpaired) electrons. The Labute approximate surface area is 152 Å². The molecule has 5 heteroatoms. The molecule has 1 N–H and O–H groups in total. The van der Waals surface area contributed by atoms with Crippen LogP contribution in [0.2, 0.25) is 0 Å². The van der Waals surface area contributed by atoms with Crippen molar-refractivity contribution in [1.82, 2.24) is 0 Å². The lowest BCUT2D eigenvalue weighted by Crippen LogP contribution is -2.56. The Morgan fingerprint density at radius 3 is 2.38 bits per heavy atom. The monoisotopic (exact) mass is 360 g/mol. The number of esters is 1. The van der Waals surface area contributed by atoms with E-state index in [0.29, 0.717) is 23.8 Å². The normalized spacial score (nSPS) is 36.0. The smallest absolute Gasteiger partial charge is 0.307 e. The SMILES string of the molecule is C[C@@H](OC(=O)CC12C[C@@H]3C[C@@H](CC(O)(C3)C1)C2)C(=O)c1ccc(F)cc1. The molecule has 1 aromatic rings. The van der Waals surface area contributed by atoms with Crippen LogP contribution < -0.4 is 0 Å². The van der Waals surface area contributed by atoms with Crippen molar-refractivity contribution in [1.29, 1.82) is 0 Å². The molecule has 4 aliphatic carbocycles. The minimum absolute atomic E-state index is 0.172. The van der Waals surface area contributed by atoms with Crippen molar-refractivity contribution < 1.29 is 23.8 Å². The molecule has 4 saturated carbocycles. The summed E-state index contributed by atoms with van der Waals surface area (Å²) >= 11 is 0. The Morgan fingerprint density at radius 1 is 1.19 bits per heavy atom. The van der Waals surface area contributed by atoms with Crippen LogP contribution in [0.4, 0.5) is 4.39 Å². The van der Waals surface area contributed by atoms with Gasteiger partial charge in [-0.05, 0) is 87.0 Å². The van der Waals surface area contributed by atoms with Crippen molar-refractivity contribution in [2.24, 2.45) is 17.3 Å². The van der Waals surface area contributed by atoms with Gasteiger partial charge in [-0.15, -0.1) is 0 Å². The quantitative estimate of drug-likeness (QED) is 0.643. The molecule has 2 unspecified atom stereocenters. The van der Waals surface area contributed by atoms with Gasteiger partial charge in [0.05, 0.1) is 12.0 Å². The van der Waals surface area contributed by atoms with Crippen LogP contribution in [0.15, 0.2) is 24.3 Å². The standard InChI is InChI=1S/C21H25FO4/c1-13(19(24)16-2-4-17(22)5-3-16)26-18(23)11-20-7-14-6-15(8-20)10-21(25,9-14)12-20/h2-5,13-15,25H,6-12H2,1H3/t13-,14-,15+,20?,21?/m1/s1. The first kappa shape index (κ1) is 17.7. The number of halogens is 1. The van der Waals surface area contributed by atoms with Gasteiger partial charge >= 0.3 is 5.97 Å². The van der Waals surface area contributed by atoms with Crippen LogP contribution in [0.5, 0.6) is 0 Å². The van der Waals surface area contributed by atoms with E-state index in [9.17, 15) is 19.1 Å². The minimum Gasteiger partial charge on any atom is -0.454 e. The van der Waals surface area contributed by atoms with Crippen molar-refractivity contribution in [2.75, 3.05) is 0 Å². The molecule has 0 aliphatic heterocycles. The van der Waals surface area contributed by atoms with Crippen LogP contribution in [0.25, 0.3) is 0 Å². The van der Waals surface area contributed by atoms with E-state index in [1.807, 2.05) is 0 Å². The van der Waals surface area contributed by atoms with E-state index in [0.717, 1.165) is 25.7 Å². The average molecular weight is 360 g/mol. The zero-order chi connectivity index (χ0) is 18.5. The van der Waals surface area contributed by atoms with Crippen molar-refractivity contribution in [3.8, 4) is 0 Å². The van der Waals surface area contributed by atoms with Gasteiger partial charge in [0.25, 0.3) is 0 Å². The number of hydrogen-bond donors (Lipinski definition) is 1. The van der Waals surface area contributed by atoms with Gasteiger partial charge in [-0.2, -0.15) is 0 Å². The highest BCUT2D eigenvalue weighted by molar-refractivity contribution is 6.00. The number of benzene rings is 1. The first-order valence-electron chi connectivity index (χ1n) is 9.48. The number of hydrogen-bond acceptors (Lipinski definition) is 4. The third kappa shape index (κ3) is 3.29. The summed E-state index contributed by atoms with van der Waals surface area (Å²) in [6.45, 7) is 1.55. The van der Waals surface area contributed by atoms with Crippen molar-refractivity contribution >= 4 is 11.8 Å². The maximum atomic E-state index is 13.0. The fourth-order valence-corrected chi connectivity index (χ4v) is 6.06. The maximum Gasteiger partial charge on any atom is 0.307 e. The zero-order valence-electron chi connectivity index (χ0n) is 15.0. The van der Waals surface area contributed by atoms with Crippen molar-refractivity contribution in [2.45, 2.75) is 63.6 Å². The van der Waals surface area contributed by atoms with Crippen LogP contribution >= 0.6 is 0 Å². The second kappa shape index (κ2) is 6.15. The molecule has 0 spiro atoms. The Kier molecular flexibility index (Phi) is 4.18. The molecule has 4 bridgehead atoms.